The molecule has 0 radical (unpaired) electrons. The van der Waals surface area contributed by atoms with Gasteiger partial charge in [-0.2, -0.15) is 5.26 Å². The quantitative estimate of drug-likeness (QED) is 0.756. The van der Waals surface area contributed by atoms with Gasteiger partial charge in [-0.1, -0.05) is 6.07 Å². The second-order valence-electron chi connectivity index (χ2n) is 3.12. The first-order valence-electron chi connectivity index (χ1n) is 4.75. The first-order valence-corrected chi connectivity index (χ1v) is 6.51. The van der Waals surface area contributed by atoms with Crippen LogP contribution in [0.25, 0.3) is 10.6 Å². The summed E-state index contributed by atoms with van der Waals surface area (Å²) in [5.74, 6) is 0. The van der Waals surface area contributed by atoms with Crippen LogP contribution in [0.4, 0.5) is 0 Å². The third-order valence-electron chi connectivity index (χ3n) is 2.00. The molecular formula is C11H10N2S2. The molecule has 2 aromatic rings. The molecule has 0 N–H and O–H groups in total. The van der Waals surface area contributed by atoms with Crippen molar-refractivity contribution in [3.05, 3.63) is 27.9 Å². The van der Waals surface area contributed by atoms with Crippen LogP contribution in [0, 0.1) is 11.3 Å². The summed E-state index contributed by atoms with van der Waals surface area (Å²) < 4.78 is 0. The van der Waals surface area contributed by atoms with Gasteiger partial charge in [0.05, 0.1) is 21.6 Å². The summed E-state index contributed by atoms with van der Waals surface area (Å²) >= 11 is 3.39. The summed E-state index contributed by atoms with van der Waals surface area (Å²) in [6, 6.07) is 6.27. The van der Waals surface area contributed by atoms with Crippen LogP contribution in [0.2, 0.25) is 0 Å². The highest BCUT2D eigenvalue weighted by Crippen LogP contribution is 2.26. The van der Waals surface area contributed by atoms with Crippen molar-refractivity contribution >= 4 is 22.7 Å². The monoisotopic (exact) mass is 234 g/mol. The van der Waals surface area contributed by atoms with Gasteiger partial charge in [0.1, 0.15) is 0 Å². The van der Waals surface area contributed by atoms with Gasteiger partial charge in [-0.25, -0.2) is 4.98 Å². The van der Waals surface area contributed by atoms with Crippen LogP contribution in [0.3, 0.4) is 0 Å². The van der Waals surface area contributed by atoms with Crippen LogP contribution in [-0.2, 0) is 6.42 Å². The van der Waals surface area contributed by atoms with E-state index in [0.717, 1.165) is 23.5 Å². The maximum Gasteiger partial charge on any atom is 0.0933 e. The molecule has 0 unspecified atom stereocenters. The number of hydrogen-bond donors (Lipinski definition) is 0. The van der Waals surface area contributed by atoms with E-state index < -0.39 is 0 Å². The molecule has 0 aromatic carbocycles. The first kappa shape index (κ1) is 10.3. The molecular weight excluding hydrogens is 224 g/mol. The van der Waals surface area contributed by atoms with E-state index in [1.807, 2.05) is 6.07 Å². The standard InChI is InChI=1S/C11H10N2S2/c12-6-2-1-5-11-13-9(8-15-11)10-4-3-7-14-10/h3-4,7-8H,1-2,5H2. The van der Waals surface area contributed by atoms with E-state index in [1.54, 1.807) is 22.7 Å². The molecule has 0 bridgehead atoms. The van der Waals surface area contributed by atoms with E-state index in [9.17, 15) is 0 Å². The van der Waals surface area contributed by atoms with Crippen LogP contribution in [0.1, 0.15) is 17.8 Å². The lowest BCUT2D eigenvalue weighted by atomic mass is 10.2. The molecule has 0 aliphatic rings. The zero-order chi connectivity index (χ0) is 10.5. The minimum absolute atomic E-state index is 0.619. The number of rotatable bonds is 4. The Bertz CT molecular complexity index is 451. The van der Waals surface area contributed by atoms with Gasteiger partial charge in [0, 0.05) is 18.2 Å². The zero-order valence-corrected chi connectivity index (χ0v) is 9.77. The molecule has 2 aromatic heterocycles. The van der Waals surface area contributed by atoms with E-state index in [1.165, 1.54) is 4.88 Å². The summed E-state index contributed by atoms with van der Waals surface area (Å²) in [6.07, 6.45) is 2.45. The third kappa shape index (κ3) is 2.65. The second kappa shape index (κ2) is 5.06. The Kier molecular flexibility index (Phi) is 3.49. The number of aromatic nitrogens is 1. The van der Waals surface area contributed by atoms with Gasteiger partial charge in [0.25, 0.3) is 0 Å². The van der Waals surface area contributed by atoms with Crippen molar-refractivity contribution in [3.63, 3.8) is 0 Å². The summed E-state index contributed by atoms with van der Waals surface area (Å²) in [5, 5.41) is 13.7. The molecule has 2 rings (SSSR count). The number of nitrogens with zero attached hydrogens (tertiary/aromatic N) is 2. The number of thiophene rings is 1. The van der Waals surface area contributed by atoms with Gasteiger partial charge >= 0.3 is 0 Å². The van der Waals surface area contributed by atoms with Gasteiger partial charge in [0.15, 0.2) is 0 Å². The van der Waals surface area contributed by atoms with E-state index in [2.05, 4.69) is 27.9 Å². The van der Waals surface area contributed by atoms with Crippen molar-refractivity contribution < 1.29 is 0 Å². The van der Waals surface area contributed by atoms with Crippen LogP contribution in [0.15, 0.2) is 22.9 Å². The Morgan fingerprint density at radius 1 is 1.40 bits per heavy atom. The van der Waals surface area contributed by atoms with Gasteiger partial charge < -0.3 is 0 Å². The van der Waals surface area contributed by atoms with E-state index in [4.69, 9.17) is 5.26 Å². The molecule has 76 valence electrons. The fraction of sp³-hybridized carbons (Fsp3) is 0.273. The molecule has 0 fully saturated rings. The predicted molar refractivity (Wildman–Crippen MR) is 64.0 cm³/mol. The SMILES string of the molecule is N#CCCCc1nc(-c2cccs2)cs1. The average molecular weight is 234 g/mol. The number of hydrogen-bond acceptors (Lipinski definition) is 4. The largest absolute Gasteiger partial charge is 0.240 e. The van der Waals surface area contributed by atoms with Crippen molar-refractivity contribution in [1.29, 1.82) is 5.26 Å². The van der Waals surface area contributed by atoms with Gasteiger partial charge in [0.2, 0.25) is 0 Å². The second-order valence-corrected chi connectivity index (χ2v) is 5.01. The van der Waals surface area contributed by atoms with E-state index >= 15 is 0 Å². The van der Waals surface area contributed by atoms with Crippen molar-refractivity contribution in [3.8, 4) is 16.6 Å². The molecule has 0 atom stereocenters. The Hall–Kier alpha value is -1.18. The van der Waals surface area contributed by atoms with Crippen molar-refractivity contribution in [2.45, 2.75) is 19.3 Å². The topological polar surface area (TPSA) is 36.7 Å². The summed E-state index contributed by atoms with van der Waals surface area (Å²) in [4.78, 5) is 5.76. The lowest BCUT2D eigenvalue weighted by Crippen LogP contribution is -1.83. The highest BCUT2D eigenvalue weighted by atomic mass is 32.1. The molecule has 2 nitrogen and oxygen atoms in total. The number of thiazole rings is 1. The first-order chi connectivity index (χ1) is 7.40. The van der Waals surface area contributed by atoms with Gasteiger partial charge in [-0.3, -0.25) is 0 Å². The average Bonchev–Trinajstić information content (AvgIpc) is 2.87. The fourth-order valence-corrected chi connectivity index (χ4v) is 2.88. The van der Waals surface area contributed by atoms with Gasteiger partial charge in [-0.05, 0) is 17.9 Å². The Balaban J connectivity index is 2.02. The van der Waals surface area contributed by atoms with E-state index in [-0.39, 0.29) is 0 Å². The number of nitriles is 1. The molecule has 0 amide bonds. The summed E-state index contributed by atoms with van der Waals surface area (Å²) in [7, 11) is 0. The van der Waals surface area contributed by atoms with Crippen molar-refractivity contribution in [2.75, 3.05) is 0 Å². The number of aryl methyl sites for hydroxylation is 1. The maximum absolute atomic E-state index is 8.43. The molecule has 0 saturated heterocycles. The highest BCUT2D eigenvalue weighted by molar-refractivity contribution is 7.14. The normalized spacial score (nSPS) is 10.1. The van der Waals surface area contributed by atoms with Crippen LogP contribution in [0.5, 0.6) is 0 Å². The number of unbranched alkanes of at least 4 members (excludes halogenated alkanes) is 1. The summed E-state index contributed by atoms with van der Waals surface area (Å²) in [6.45, 7) is 0. The lowest BCUT2D eigenvalue weighted by molar-refractivity contribution is 0.843. The van der Waals surface area contributed by atoms with Crippen molar-refractivity contribution in [2.24, 2.45) is 0 Å². The van der Waals surface area contributed by atoms with Crippen LogP contribution in [-0.4, -0.2) is 4.98 Å². The molecule has 0 saturated carbocycles. The molecule has 2 heterocycles. The van der Waals surface area contributed by atoms with Crippen LogP contribution >= 0.6 is 22.7 Å². The predicted octanol–water partition coefficient (Wildman–Crippen LogP) is 3.72. The smallest absolute Gasteiger partial charge is 0.0933 e. The molecule has 15 heavy (non-hydrogen) atoms. The van der Waals surface area contributed by atoms with E-state index in [0.29, 0.717) is 6.42 Å². The highest BCUT2D eigenvalue weighted by Gasteiger charge is 2.04. The Morgan fingerprint density at radius 2 is 2.33 bits per heavy atom. The van der Waals surface area contributed by atoms with Crippen LogP contribution < -0.4 is 0 Å². The zero-order valence-electron chi connectivity index (χ0n) is 8.14. The van der Waals surface area contributed by atoms with Crippen molar-refractivity contribution in [1.82, 2.24) is 4.98 Å². The fourth-order valence-electron chi connectivity index (χ4n) is 1.28. The third-order valence-corrected chi connectivity index (χ3v) is 3.81. The Labute approximate surface area is 96.8 Å². The maximum atomic E-state index is 8.43. The molecule has 0 aliphatic carbocycles. The molecule has 4 heteroatoms. The Morgan fingerprint density at radius 3 is 3.07 bits per heavy atom. The summed E-state index contributed by atoms with van der Waals surface area (Å²) in [5.41, 5.74) is 1.07. The minimum atomic E-state index is 0.619. The lowest BCUT2D eigenvalue weighted by Gasteiger charge is -1.90. The molecule has 0 aliphatic heterocycles. The van der Waals surface area contributed by atoms with Gasteiger partial charge in [-0.15, -0.1) is 22.7 Å². The minimum Gasteiger partial charge on any atom is -0.240 e. The molecule has 0 spiro atoms.